The molecule has 0 aliphatic carbocycles. The molecule has 8 heteroatoms. The molecule has 2 heterocycles. The molecule has 7 nitrogen and oxygen atoms in total. The Morgan fingerprint density at radius 2 is 2.10 bits per heavy atom. The monoisotopic (exact) mass is 287 g/mol. The summed E-state index contributed by atoms with van der Waals surface area (Å²) in [5.74, 6) is 0.313. The molecule has 0 aliphatic rings. The van der Waals surface area contributed by atoms with Gasteiger partial charge in [-0.05, 0) is 19.1 Å². The summed E-state index contributed by atoms with van der Waals surface area (Å²) >= 11 is 1.48. The van der Waals surface area contributed by atoms with Crippen LogP contribution in [0.1, 0.15) is 17.9 Å². The lowest BCUT2D eigenvalue weighted by Crippen LogP contribution is -1.93. The van der Waals surface area contributed by atoms with Crippen molar-refractivity contribution in [2.24, 2.45) is 0 Å². The maximum Gasteiger partial charge on any atom is 0.216 e. The van der Waals surface area contributed by atoms with Crippen LogP contribution >= 0.6 is 11.8 Å². The van der Waals surface area contributed by atoms with E-state index in [9.17, 15) is 0 Å². The van der Waals surface area contributed by atoms with Gasteiger partial charge in [0.05, 0.1) is 22.8 Å². The molecule has 0 amide bonds. The van der Waals surface area contributed by atoms with E-state index in [1.807, 2.05) is 43.5 Å². The average molecular weight is 287 g/mol. The normalized spacial score (nSPS) is 12.4. The number of H-pyrrole nitrogens is 1. The first-order chi connectivity index (χ1) is 9.72. The number of anilines is 1. The van der Waals surface area contributed by atoms with Crippen molar-refractivity contribution in [1.82, 2.24) is 30.2 Å². The van der Waals surface area contributed by atoms with E-state index in [1.54, 1.807) is 4.68 Å². The largest absolute Gasteiger partial charge is 0.368 e. The Kier molecular flexibility index (Phi) is 3.38. The zero-order valence-corrected chi connectivity index (χ0v) is 11.6. The Labute approximate surface area is 119 Å². The molecular formula is C12H13N7S. The topological polar surface area (TPSA) is 98.3 Å². The predicted octanol–water partition coefficient (Wildman–Crippen LogP) is 1.82. The smallest absolute Gasteiger partial charge is 0.216 e. The molecule has 2 aromatic heterocycles. The quantitative estimate of drug-likeness (QED) is 0.710. The first-order valence-electron chi connectivity index (χ1n) is 6.04. The van der Waals surface area contributed by atoms with Crippen LogP contribution in [-0.4, -0.2) is 30.2 Å². The molecule has 3 aromatic rings. The lowest BCUT2D eigenvalue weighted by Gasteiger charge is -2.03. The Morgan fingerprint density at radius 3 is 2.80 bits per heavy atom. The number of aromatic nitrogens is 6. The van der Waals surface area contributed by atoms with Crippen LogP contribution < -0.4 is 5.73 Å². The number of nitrogens with one attached hydrogen (secondary N) is 1. The zero-order valence-electron chi connectivity index (χ0n) is 10.8. The van der Waals surface area contributed by atoms with E-state index in [0.717, 1.165) is 11.4 Å². The molecule has 0 radical (unpaired) electrons. The number of nitrogens with two attached hydrogens (primary N) is 1. The summed E-state index contributed by atoms with van der Waals surface area (Å²) in [6.45, 7) is 2.02. The molecule has 3 rings (SSSR count). The van der Waals surface area contributed by atoms with Crippen LogP contribution in [0.25, 0.3) is 5.69 Å². The third kappa shape index (κ3) is 2.64. The van der Waals surface area contributed by atoms with E-state index < -0.39 is 0 Å². The number of hydrogen-bond donors (Lipinski definition) is 2. The highest BCUT2D eigenvalue weighted by molar-refractivity contribution is 7.99. The Bertz CT molecular complexity index is 691. The molecule has 0 saturated carbocycles. The first-order valence-corrected chi connectivity index (χ1v) is 6.92. The van der Waals surface area contributed by atoms with E-state index in [2.05, 4.69) is 25.5 Å². The number of para-hydroxylation sites is 1. The number of benzene rings is 1. The molecule has 0 spiro atoms. The highest BCUT2D eigenvalue weighted by atomic mass is 32.2. The van der Waals surface area contributed by atoms with Crippen LogP contribution in [0, 0.1) is 0 Å². The number of rotatable bonds is 4. The van der Waals surface area contributed by atoms with Gasteiger partial charge in [-0.15, -0.1) is 10.2 Å². The van der Waals surface area contributed by atoms with Gasteiger partial charge in [0.25, 0.3) is 0 Å². The third-order valence-corrected chi connectivity index (χ3v) is 3.70. The van der Waals surface area contributed by atoms with Crippen molar-refractivity contribution in [1.29, 1.82) is 0 Å². The summed E-state index contributed by atoms with van der Waals surface area (Å²) in [6, 6.07) is 9.85. The van der Waals surface area contributed by atoms with Gasteiger partial charge < -0.3 is 5.73 Å². The second-order valence-electron chi connectivity index (χ2n) is 4.19. The Morgan fingerprint density at radius 1 is 1.30 bits per heavy atom. The SMILES string of the molecule is CC(Sc1n[nH]c(N)n1)c1cn(-c2ccccc2)nn1. The van der Waals surface area contributed by atoms with Gasteiger partial charge in [0, 0.05) is 0 Å². The minimum Gasteiger partial charge on any atom is -0.368 e. The molecule has 102 valence electrons. The summed E-state index contributed by atoms with van der Waals surface area (Å²) in [5.41, 5.74) is 7.34. The van der Waals surface area contributed by atoms with Crippen molar-refractivity contribution in [2.45, 2.75) is 17.3 Å². The zero-order chi connectivity index (χ0) is 13.9. The molecule has 0 aliphatic heterocycles. The van der Waals surface area contributed by atoms with Crippen molar-refractivity contribution < 1.29 is 0 Å². The molecule has 1 atom stereocenters. The molecular weight excluding hydrogens is 274 g/mol. The van der Waals surface area contributed by atoms with Gasteiger partial charge in [0.2, 0.25) is 11.1 Å². The minimum atomic E-state index is 0.0858. The van der Waals surface area contributed by atoms with Crippen LogP contribution in [0.5, 0.6) is 0 Å². The maximum absolute atomic E-state index is 5.50. The summed E-state index contributed by atoms with van der Waals surface area (Å²) in [5, 5.41) is 15.6. The summed E-state index contributed by atoms with van der Waals surface area (Å²) < 4.78 is 1.75. The lowest BCUT2D eigenvalue weighted by atomic mass is 10.3. The Hall–Kier alpha value is -2.35. The van der Waals surface area contributed by atoms with Crippen LogP contribution in [0.3, 0.4) is 0 Å². The van der Waals surface area contributed by atoms with Crippen molar-refractivity contribution in [3.8, 4) is 5.69 Å². The predicted molar refractivity (Wildman–Crippen MR) is 76.4 cm³/mol. The number of thioether (sulfide) groups is 1. The summed E-state index contributed by atoms with van der Waals surface area (Å²) in [6.07, 6.45) is 1.91. The molecule has 0 fully saturated rings. The van der Waals surface area contributed by atoms with Gasteiger partial charge >= 0.3 is 0 Å². The fourth-order valence-electron chi connectivity index (χ4n) is 1.70. The standard InChI is InChI=1S/C12H13N7S/c1-8(20-12-14-11(13)16-17-12)10-7-19(18-15-10)9-5-3-2-4-6-9/h2-8H,1H3,(H3,13,14,16,17). The molecule has 0 saturated heterocycles. The average Bonchev–Trinajstić information content (AvgIpc) is 3.09. The van der Waals surface area contributed by atoms with Crippen molar-refractivity contribution >= 4 is 17.7 Å². The summed E-state index contributed by atoms with van der Waals surface area (Å²) in [4.78, 5) is 4.06. The van der Waals surface area contributed by atoms with Crippen LogP contribution in [0.4, 0.5) is 5.95 Å². The fraction of sp³-hybridized carbons (Fsp3) is 0.167. The highest BCUT2D eigenvalue weighted by Gasteiger charge is 2.14. The molecule has 3 N–H and O–H groups in total. The van der Waals surface area contributed by atoms with Crippen LogP contribution in [0.15, 0.2) is 41.7 Å². The number of nitrogens with zero attached hydrogens (tertiary/aromatic N) is 5. The van der Waals surface area contributed by atoms with Gasteiger partial charge in [-0.1, -0.05) is 35.2 Å². The van der Waals surface area contributed by atoms with E-state index in [-0.39, 0.29) is 5.25 Å². The van der Waals surface area contributed by atoms with Crippen LogP contribution in [-0.2, 0) is 0 Å². The van der Waals surface area contributed by atoms with Gasteiger partial charge in [0.1, 0.15) is 0 Å². The van der Waals surface area contributed by atoms with E-state index in [1.165, 1.54) is 11.8 Å². The van der Waals surface area contributed by atoms with E-state index in [4.69, 9.17) is 5.73 Å². The van der Waals surface area contributed by atoms with Crippen molar-refractivity contribution in [3.05, 3.63) is 42.2 Å². The van der Waals surface area contributed by atoms with E-state index in [0.29, 0.717) is 11.1 Å². The third-order valence-electron chi connectivity index (χ3n) is 2.71. The van der Waals surface area contributed by atoms with Gasteiger partial charge in [0.15, 0.2) is 0 Å². The van der Waals surface area contributed by atoms with E-state index >= 15 is 0 Å². The molecule has 20 heavy (non-hydrogen) atoms. The number of aromatic amines is 1. The Balaban J connectivity index is 1.76. The van der Waals surface area contributed by atoms with Gasteiger partial charge in [-0.2, -0.15) is 4.98 Å². The maximum atomic E-state index is 5.50. The first kappa shape index (κ1) is 12.7. The number of hydrogen-bond acceptors (Lipinski definition) is 6. The van der Waals surface area contributed by atoms with Crippen molar-refractivity contribution in [3.63, 3.8) is 0 Å². The minimum absolute atomic E-state index is 0.0858. The van der Waals surface area contributed by atoms with Crippen molar-refractivity contribution in [2.75, 3.05) is 5.73 Å². The summed E-state index contributed by atoms with van der Waals surface area (Å²) in [7, 11) is 0. The van der Waals surface area contributed by atoms with Gasteiger partial charge in [-0.25, -0.2) is 9.78 Å². The second kappa shape index (κ2) is 5.33. The highest BCUT2D eigenvalue weighted by Crippen LogP contribution is 2.31. The number of nitrogen functional groups attached to an aromatic ring is 1. The fourth-order valence-corrected chi connectivity index (χ4v) is 2.49. The van der Waals surface area contributed by atoms with Crippen LogP contribution in [0.2, 0.25) is 0 Å². The molecule has 0 bridgehead atoms. The van der Waals surface area contributed by atoms with Gasteiger partial charge in [-0.3, -0.25) is 0 Å². The molecule has 1 aromatic carbocycles. The lowest BCUT2D eigenvalue weighted by molar-refractivity contribution is 0.797. The molecule has 1 unspecified atom stereocenters. The second-order valence-corrected chi connectivity index (χ2v) is 5.49.